The molecule has 0 aliphatic rings. The average Bonchev–Trinajstić information content (AvgIpc) is 2.77. The molecule has 0 atom stereocenters. The molecule has 2 rings (SSSR count). The Morgan fingerprint density at radius 2 is 2.21 bits per heavy atom. The fourth-order valence-electron chi connectivity index (χ4n) is 1.12. The first-order chi connectivity index (χ1) is 6.79. The first kappa shape index (κ1) is 9.21. The van der Waals surface area contributed by atoms with Crippen LogP contribution in [0.2, 0.25) is 0 Å². The van der Waals surface area contributed by atoms with Crippen LogP contribution in [0.1, 0.15) is 17.6 Å². The highest BCUT2D eigenvalue weighted by Crippen LogP contribution is 2.05. The van der Waals surface area contributed by atoms with Crippen molar-refractivity contribution in [2.45, 2.75) is 19.3 Å². The van der Waals surface area contributed by atoms with Gasteiger partial charge >= 0.3 is 0 Å². The molecular weight excluding hydrogens is 204 g/mol. The Morgan fingerprint density at radius 3 is 2.79 bits per heavy atom. The molecule has 0 radical (unpaired) electrons. The summed E-state index contributed by atoms with van der Waals surface area (Å²) in [4.78, 5) is 4.09. The molecule has 0 N–H and O–H groups in total. The van der Waals surface area contributed by atoms with Gasteiger partial charge in [0.05, 0.1) is 0 Å². The minimum atomic E-state index is 0.246. The van der Waals surface area contributed by atoms with E-state index >= 15 is 0 Å². The molecule has 0 spiro atoms. The molecule has 14 heavy (non-hydrogen) atoms. The Kier molecular flexibility index (Phi) is 2.49. The van der Waals surface area contributed by atoms with Gasteiger partial charge in [0, 0.05) is 12.4 Å². The monoisotopic (exact) mass is 212 g/mol. The van der Waals surface area contributed by atoms with E-state index in [1.54, 1.807) is 6.20 Å². The van der Waals surface area contributed by atoms with Gasteiger partial charge in [-0.05, 0) is 6.92 Å². The minimum Gasteiger partial charge on any atom is -0.422 e. The van der Waals surface area contributed by atoms with Gasteiger partial charge in [-0.1, -0.05) is 0 Å². The molecule has 0 amide bonds. The summed E-state index contributed by atoms with van der Waals surface area (Å²) in [6.45, 7) is 2.45. The number of aromatic nitrogens is 4. The summed E-state index contributed by atoms with van der Waals surface area (Å²) < 4.78 is 7.18. The lowest BCUT2D eigenvalue weighted by atomic mass is 10.6. The van der Waals surface area contributed by atoms with Gasteiger partial charge in [-0.2, -0.15) is 0 Å². The zero-order valence-electron chi connectivity index (χ0n) is 7.64. The number of aryl methyl sites for hydroxylation is 1. The van der Waals surface area contributed by atoms with E-state index in [1.165, 1.54) is 0 Å². The van der Waals surface area contributed by atoms with Crippen LogP contribution in [0.4, 0.5) is 0 Å². The van der Waals surface area contributed by atoms with Gasteiger partial charge in [0.25, 0.3) is 0 Å². The summed E-state index contributed by atoms with van der Waals surface area (Å²) >= 11 is 5.54. The third kappa shape index (κ3) is 1.77. The molecule has 0 bridgehead atoms. The highest BCUT2D eigenvalue weighted by Gasteiger charge is 2.06. The Morgan fingerprint density at radius 1 is 1.43 bits per heavy atom. The molecule has 0 unspecified atom stereocenters. The molecule has 0 aliphatic heterocycles. The number of imidazole rings is 1. The summed E-state index contributed by atoms with van der Waals surface area (Å²) in [6, 6.07) is 0. The Labute approximate surface area is 85.7 Å². The van der Waals surface area contributed by atoms with Crippen LogP contribution < -0.4 is 0 Å². The van der Waals surface area contributed by atoms with Crippen molar-refractivity contribution in [3.63, 3.8) is 0 Å². The van der Waals surface area contributed by atoms with E-state index in [9.17, 15) is 0 Å². The zero-order valence-corrected chi connectivity index (χ0v) is 8.40. The Balaban J connectivity index is 2.15. The number of rotatable bonds is 3. The summed E-state index contributed by atoms with van der Waals surface area (Å²) in [6.07, 6.45) is 3.59. The second kappa shape index (κ2) is 3.79. The quantitative estimate of drug-likeness (QED) is 0.721. The molecule has 2 heterocycles. The maximum atomic E-state index is 5.54. The second-order valence-electron chi connectivity index (χ2n) is 2.83. The van der Waals surface area contributed by atoms with Crippen molar-refractivity contribution in [2.75, 3.05) is 0 Å². The largest absolute Gasteiger partial charge is 0.422 e. The number of hydrogen-bond donors (Lipinski definition) is 0. The van der Waals surface area contributed by atoms with E-state index < -0.39 is 0 Å². The SMILES string of the molecule is Cc1nccn1Cc1nnc(CCl)o1. The van der Waals surface area contributed by atoms with Gasteiger partial charge in [-0.15, -0.1) is 21.8 Å². The molecule has 2 aromatic rings. The van der Waals surface area contributed by atoms with Crippen LogP contribution in [0.15, 0.2) is 16.8 Å². The molecule has 0 aromatic carbocycles. The van der Waals surface area contributed by atoms with Crippen LogP contribution in [0.3, 0.4) is 0 Å². The molecule has 5 nitrogen and oxygen atoms in total. The summed E-state index contributed by atoms with van der Waals surface area (Å²) in [5.41, 5.74) is 0. The average molecular weight is 213 g/mol. The predicted molar refractivity (Wildman–Crippen MR) is 49.9 cm³/mol. The van der Waals surface area contributed by atoms with Crippen LogP contribution in [0.25, 0.3) is 0 Å². The zero-order chi connectivity index (χ0) is 9.97. The lowest BCUT2D eigenvalue weighted by molar-refractivity contribution is 0.449. The first-order valence-electron chi connectivity index (χ1n) is 4.14. The van der Waals surface area contributed by atoms with Crippen LogP contribution in [-0.2, 0) is 12.4 Å². The van der Waals surface area contributed by atoms with E-state index in [0.29, 0.717) is 18.3 Å². The van der Waals surface area contributed by atoms with Gasteiger partial charge in [0.2, 0.25) is 11.8 Å². The van der Waals surface area contributed by atoms with Gasteiger partial charge in [-0.3, -0.25) is 0 Å². The lowest BCUT2D eigenvalue weighted by Gasteiger charge is -1.98. The minimum absolute atomic E-state index is 0.246. The molecular formula is C8H9ClN4O. The second-order valence-corrected chi connectivity index (χ2v) is 3.09. The van der Waals surface area contributed by atoms with Crippen molar-refractivity contribution < 1.29 is 4.42 Å². The number of nitrogens with zero attached hydrogens (tertiary/aromatic N) is 4. The molecule has 6 heteroatoms. The fourth-order valence-corrected chi connectivity index (χ4v) is 1.23. The Bertz CT molecular complexity index is 422. The van der Waals surface area contributed by atoms with Crippen LogP contribution in [-0.4, -0.2) is 19.7 Å². The predicted octanol–water partition coefficient (Wildman–Crippen LogP) is 1.36. The third-order valence-corrected chi connectivity index (χ3v) is 2.08. The highest BCUT2D eigenvalue weighted by atomic mass is 35.5. The van der Waals surface area contributed by atoms with Crippen molar-refractivity contribution >= 4 is 11.6 Å². The maximum absolute atomic E-state index is 5.54. The van der Waals surface area contributed by atoms with E-state index in [-0.39, 0.29) is 5.88 Å². The standard InChI is InChI=1S/C8H9ClN4O/c1-6-10-2-3-13(6)5-8-12-11-7(4-9)14-8/h2-3H,4-5H2,1H3. The molecule has 0 fully saturated rings. The van der Waals surface area contributed by atoms with Gasteiger partial charge < -0.3 is 8.98 Å². The topological polar surface area (TPSA) is 56.7 Å². The molecule has 74 valence electrons. The Hall–Kier alpha value is -1.36. The van der Waals surface area contributed by atoms with Gasteiger partial charge in [0.1, 0.15) is 18.2 Å². The van der Waals surface area contributed by atoms with E-state index in [4.69, 9.17) is 16.0 Å². The van der Waals surface area contributed by atoms with Crippen molar-refractivity contribution in [2.24, 2.45) is 0 Å². The summed E-state index contributed by atoms with van der Waals surface area (Å²) in [7, 11) is 0. The smallest absolute Gasteiger partial charge is 0.236 e. The number of halogens is 1. The van der Waals surface area contributed by atoms with Crippen molar-refractivity contribution in [1.82, 2.24) is 19.7 Å². The lowest BCUT2D eigenvalue weighted by Crippen LogP contribution is -2.00. The van der Waals surface area contributed by atoms with Crippen molar-refractivity contribution in [3.05, 3.63) is 30.0 Å². The van der Waals surface area contributed by atoms with Crippen molar-refractivity contribution in [3.8, 4) is 0 Å². The number of hydrogen-bond acceptors (Lipinski definition) is 4. The number of alkyl halides is 1. The summed E-state index contributed by atoms with van der Waals surface area (Å²) in [5, 5.41) is 7.62. The van der Waals surface area contributed by atoms with Gasteiger partial charge in [0.15, 0.2) is 0 Å². The molecule has 0 aliphatic carbocycles. The van der Waals surface area contributed by atoms with Crippen LogP contribution in [0.5, 0.6) is 0 Å². The first-order valence-corrected chi connectivity index (χ1v) is 4.68. The van der Waals surface area contributed by atoms with E-state index in [1.807, 2.05) is 17.7 Å². The maximum Gasteiger partial charge on any atom is 0.236 e. The third-order valence-electron chi connectivity index (χ3n) is 1.85. The highest BCUT2D eigenvalue weighted by molar-refractivity contribution is 6.16. The fraction of sp³-hybridized carbons (Fsp3) is 0.375. The van der Waals surface area contributed by atoms with E-state index in [2.05, 4.69) is 15.2 Å². The molecule has 0 saturated carbocycles. The summed E-state index contributed by atoms with van der Waals surface area (Å²) in [5.74, 6) is 2.15. The normalized spacial score (nSPS) is 10.7. The molecule has 0 saturated heterocycles. The van der Waals surface area contributed by atoms with Gasteiger partial charge in [-0.25, -0.2) is 4.98 Å². The molecule has 2 aromatic heterocycles. The van der Waals surface area contributed by atoms with E-state index in [0.717, 1.165) is 5.82 Å². The van der Waals surface area contributed by atoms with Crippen LogP contribution >= 0.6 is 11.6 Å². The van der Waals surface area contributed by atoms with Crippen molar-refractivity contribution in [1.29, 1.82) is 0 Å². The van der Waals surface area contributed by atoms with Crippen LogP contribution in [0, 0.1) is 6.92 Å².